The van der Waals surface area contributed by atoms with Crippen LogP contribution >= 0.6 is 0 Å². The molecular weight excluding hydrogens is 268 g/mol. The lowest BCUT2D eigenvalue weighted by Crippen LogP contribution is -2.46. The standard InChI is InChI=1S/C15H22N4O2/c1-2-13-17-8-10-19(13)9-7-14(20)18-12-6-4-3-5-11(12)15(16)21/h3-4,8,10-12H,2,5-7,9H2,1H3,(H2,16,21)(H,18,20)/t11-,12-/m1/s1. The normalized spacial score (nSPS) is 21.2. The molecule has 0 aliphatic heterocycles. The maximum Gasteiger partial charge on any atom is 0.222 e. The first-order chi connectivity index (χ1) is 10.1. The number of rotatable bonds is 6. The highest BCUT2D eigenvalue weighted by atomic mass is 16.2. The Labute approximate surface area is 124 Å². The molecule has 0 bridgehead atoms. The van der Waals surface area contributed by atoms with Gasteiger partial charge in [0.05, 0.1) is 5.92 Å². The van der Waals surface area contributed by atoms with Gasteiger partial charge in [-0.15, -0.1) is 0 Å². The van der Waals surface area contributed by atoms with Gasteiger partial charge in [-0.25, -0.2) is 4.98 Å². The van der Waals surface area contributed by atoms with Crippen molar-refractivity contribution in [3.8, 4) is 0 Å². The second kappa shape index (κ2) is 7.06. The smallest absolute Gasteiger partial charge is 0.222 e. The molecule has 2 rings (SSSR count). The summed E-state index contributed by atoms with van der Waals surface area (Å²) < 4.78 is 1.98. The molecule has 2 atom stereocenters. The van der Waals surface area contributed by atoms with Crippen molar-refractivity contribution in [2.75, 3.05) is 0 Å². The largest absolute Gasteiger partial charge is 0.369 e. The summed E-state index contributed by atoms with van der Waals surface area (Å²) in [5.74, 6) is 0.252. The molecule has 21 heavy (non-hydrogen) atoms. The van der Waals surface area contributed by atoms with Crippen molar-refractivity contribution in [1.29, 1.82) is 0 Å². The minimum atomic E-state index is -0.354. The lowest BCUT2D eigenvalue weighted by Gasteiger charge is -2.27. The van der Waals surface area contributed by atoms with Gasteiger partial charge in [0, 0.05) is 37.8 Å². The Balaban J connectivity index is 1.86. The molecule has 1 aliphatic rings. The Morgan fingerprint density at radius 1 is 1.43 bits per heavy atom. The van der Waals surface area contributed by atoms with Crippen LogP contribution in [0.4, 0.5) is 0 Å². The molecule has 0 spiro atoms. The summed E-state index contributed by atoms with van der Waals surface area (Å²) >= 11 is 0. The Kier molecular flexibility index (Phi) is 5.14. The van der Waals surface area contributed by atoms with Crippen molar-refractivity contribution in [2.24, 2.45) is 11.7 Å². The van der Waals surface area contributed by atoms with Gasteiger partial charge in [0.15, 0.2) is 0 Å². The van der Waals surface area contributed by atoms with Crippen molar-refractivity contribution in [1.82, 2.24) is 14.9 Å². The topological polar surface area (TPSA) is 90.0 Å². The number of aromatic nitrogens is 2. The van der Waals surface area contributed by atoms with Gasteiger partial charge in [-0.2, -0.15) is 0 Å². The maximum atomic E-state index is 12.1. The third-order valence-electron chi connectivity index (χ3n) is 3.84. The summed E-state index contributed by atoms with van der Waals surface area (Å²) in [4.78, 5) is 27.7. The predicted octanol–water partition coefficient (Wildman–Crippen LogP) is 0.772. The molecule has 0 saturated heterocycles. The molecule has 0 saturated carbocycles. The van der Waals surface area contributed by atoms with Crippen LogP contribution in [0, 0.1) is 5.92 Å². The average molecular weight is 290 g/mol. The van der Waals surface area contributed by atoms with Crippen molar-refractivity contribution < 1.29 is 9.59 Å². The number of allylic oxidation sites excluding steroid dienone is 1. The number of primary amides is 1. The molecule has 0 unspecified atom stereocenters. The summed E-state index contributed by atoms with van der Waals surface area (Å²) in [7, 11) is 0. The summed E-state index contributed by atoms with van der Waals surface area (Å²) in [6.45, 7) is 2.63. The number of nitrogens with zero attached hydrogens (tertiary/aromatic N) is 2. The first kappa shape index (κ1) is 15.3. The van der Waals surface area contributed by atoms with Crippen molar-refractivity contribution in [2.45, 2.75) is 45.2 Å². The van der Waals surface area contributed by atoms with Crippen LogP contribution in [-0.2, 0) is 22.6 Å². The highest BCUT2D eigenvalue weighted by Crippen LogP contribution is 2.18. The van der Waals surface area contributed by atoms with Crippen LogP contribution in [-0.4, -0.2) is 27.4 Å². The lowest BCUT2D eigenvalue weighted by atomic mass is 9.88. The molecule has 114 valence electrons. The van der Waals surface area contributed by atoms with E-state index >= 15 is 0 Å². The van der Waals surface area contributed by atoms with Gasteiger partial charge in [-0.1, -0.05) is 19.1 Å². The molecule has 2 amide bonds. The van der Waals surface area contributed by atoms with Gasteiger partial charge in [0.2, 0.25) is 11.8 Å². The van der Waals surface area contributed by atoms with Gasteiger partial charge in [-0.05, 0) is 12.8 Å². The number of hydrogen-bond donors (Lipinski definition) is 2. The van der Waals surface area contributed by atoms with E-state index in [1.807, 2.05) is 29.8 Å². The third kappa shape index (κ3) is 3.93. The first-order valence-corrected chi connectivity index (χ1v) is 7.35. The van der Waals surface area contributed by atoms with Gasteiger partial charge in [0.1, 0.15) is 5.82 Å². The van der Waals surface area contributed by atoms with E-state index in [1.165, 1.54) is 0 Å². The molecule has 0 fully saturated rings. The monoisotopic (exact) mass is 290 g/mol. The fraction of sp³-hybridized carbons (Fsp3) is 0.533. The highest BCUT2D eigenvalue weighted by molar-refractivity contribution is 5.80. The van der Waals surface area contributed by atoms with Gasteiger partial charge in [0.25, 0.3) is 0 Å². The Bertz CT molecular complexity index is 536. The lowest BCUT2D eigenvalue weighted by molar-refractivity contribution is -0.125. The summed E-state index contributed by atoms with van der Waals surface area (Å²) in [5.41, 5.74) is 5.39. The first-order valence-electron chi connectivity index (χ1n) is 7.35. The number of aryl methyl sites for hydroxylation is 2. The summed E-state index contributed by atoms with van der Waals surface area (Å²) in [6.07, 6.45) is 10.0. The quantitative estimate of drug-likeness (QED) is 0.758. The average Bonchev–Trinajstić information content (AvgIpc) is 2.93. The number of imidazole rings is 1. The molecule has 3 N–H and O–H groups in total. The van der Waals surface area contributed by atoms with Gasteiger partial charge in [-0.3, -0.25) is 9.59 Å². The van der Waals surface area contributed by atoms with Crippen LogP contribution in [0.5, 0.6) is 0 Å². The van der Waals surface area contributed by atoms with Crippen molar-refractivity contribution in [3.05, 3.63) is 30.4 Å². The molecule has 6 heteroatoms. The minimum absolute atomic E-state index is 0.0581. The van der Waals surface area contributed by atoms with Crippen molar-refractivity contribution in [3.63, 3.8) is 0 Å². The SMILES string of the molecule is CCc1nccn1CCC(=O)N[C@@H]1CC=CC[C@H]1C(N)=O. The molecule has 1 aromatic rings. The highest BCUT2D eigenvalue weighted by Gasteiger charge is 2.28. The van der Waals surface area contributed by atoms with E-state index in [9.17, 15) is 9.59 Å². The summed E-state index contributed by atoms with van der Waals surface area (Å²) in [6, 6.07) is -0.187. The zero-order valence-electron chi connectivity index (χ0n) is 12.3. The molecule has 0 radical (unpaired) electrons. The molecular formula is C15H22N4O2. The Morgan fingerprint density at radius 2 is 2.19 bits per heavy atom. The van der Waals surface area contributed by atoms with E-state index < -0.39 is 0 Å². The zero-order valence-corrected chi connectivity index (χ0v) is 12.3. The number of nitrogens with two attached hydrogens (primary N) is 1. The van der Waals surface area contributed by atoms with E-state index in [0.717, 1.165) is 12.2 Å². The van der Waals surface area contributed by atoms with Gasteiger partial charge >= 0.3 is 0 Å². The number of nitrogens with one attached hydrogen (secondary N) is 1. The number of amides is 2. The van der Waals surface area contributed by atoms with E-state index in [1.54, 1.807) is 6.20 Å². The van der Waals surface area contributed by atoms with E-state index in [-0.39, 0.29) is 23.8 Å². The fourth-order valence-corrected chi connectivity index (χ4v) is 2.65. The molecule has 0 aromatic carbocycles. The molecule has 1 aromatic heterocycles. The molecule has 1 heterocycles. The van der Waals surface area contributed by atoms with Crippen molar-refractivity contribution >= 4 is 11.8 Å². The molecule has 6 nitrogen and oxygen atoms in total. The van der Waals surface area contributed by atoms with Crippen LogP contribution in [0.2, 0.25) is 0 Å². The van der Waals surface area contributed by atoms with Crippen LogP contribution < -0.4 is 11.1 Å². The fourth-order valence-electron chi connectivity index (χ4n) is 2.65. The van der Waals surface area contributed by atoms with E-state index in [2.05, 4.69) is 10.3 Å². The van der Waals surface area contributed by atoms with Crippen LogP contribution in [0.15, 0.2) is 24.5 Å². The summed E-state index contributed by atoms with van der Waals surface area (Å²) in [5, 5.41) is 2.93. The second-order valence-electron chi connectivity index (χ2n) is 5.27. The molecule has 1 aliphatic carbocycles. The predicted molar refractivity (Wildman–Crippen MR) is 79.2 cm³/mol. The number of hydrogen-bond acceptors (Lipinski definition) is 3. The van der Waals surface area contributed by atoms with E-state index in [0.29, 0.717) is 25.8 Å². The Morgan fingerprint density at radius 3 is 2.90 bits per heavy atom. The minimum Gasteiger partial charge on any atom is -0.369 e. The number of carbonyl (C=O) groups is 2. The van der Waals surface area contributed by atoms with E-state index in [4.69, 9.17) is 5.73 Å². The number of carbonyl (C=O) groups excluding carboxylic acids is 2. The van der Waals surface area contributed by atoms with Crippen LogP contribution in [0.25, 0.3) is 0 Å². The Hall–Kier alpha value is -2.11. The zero-order chi connectivity index (χ0) is 15.2. The third-order valence-corrected chi connectivity index (χ3v) is 3.84. The van der Waals surface area contributed by atoms with Crippen LogP contribution in [0.3, 0.4) is 0 Å². The van der Waals surface area contributed by atoms with Crippen LogP contribution in [0.1, 0.15) is 32.0 Å². The van der Waals surface area contributed by atoms with Gasteiger partial charge < -0.3 is 15.6 Å². The second-order valence-corrected chi connectivity index (χ2v) is 5.27. The maximum absolute atomic E-state index is 12.1.